The molecule has 1 aliphatic rings. The van der Waals surface area contributed by atoms with Gasteiger partial charge in [0, 0.05) is 24.4 Å². The summed E-state index contributed by atoms with van der Waals surface area (Å²) in [6, 6.07) is 11.2. The summed E-state index contributed by atoms with van der Waals surface area (Å²) in [5.74, 6) is 0. The molecule has 0 amide bonds. The summed E-state index contributed by atoms with van der Waals surface area (Å²) in [5.41, 5.74) is 1.37. The number of thioether (sulfide) groups is 1. The normalized spacial score (nSPS) is 24.3. The van der Waals surface area contributed by atoms with Gasteiger partial charge in [0.2, 0.25) is 0 Å². The van der Waals surface area contributed by atoms with Gasteiger partial charge in [0.05, 0.1) is 0 Å². The van der Waals surface area contributed by atoms with Crippen LogP contribution in [0.4, 0.5) is 0 Å². The number of amidine groups is 1. The smallest absolute Gasteiger partial charge is 0.157 e. The van der Waals surface area contributed by atoms with Crippen molar-refractivity contribution in [2.45, 2.75) is 44.5 Å². The van der Waals surface area contributed by atoms with Gasteiger partial charge in [0.25, 0.3) is 0 Å². The molecule has 0 saturated carbocycles. The Bertz CT molecular complexity index is 435. The molecule has 116 valence electrons. The van der Waals surface area contributed by atoms with Gasteiger partial charge in [-0.05, 0) is 38.9 Å². The van der Waals surface area contributed by atoms with E-state index in [0.717, 1.165) is 31.2 Å². The van der Waals surface area contributed by atoms with Crippen LogP contribution >= 0.6 is 11.8 Å². The number of hydrogen-bond donors (Lipinski definition) is 1. The van der Waals surface area contributed by atoms with Gasteiger partial charge in [-0.3, -0.25) is 4.99 Å². The van der Waals surface area contributed by atoms with E-state index in [1.807, 2.05) is 11.8 Å². The van der Waals surface area contributed by atoms with E-state index in [9.17, 15) is 0 Å². The van der Waals surface area contributed by atoms with E-state index < -0.39 is 0 Å². The highest BCUT2D eigenvalue weighted by atomic mass is 32.2. The van der Waals surface area contributed by atoms with Crippen LogP contribution in [0.3, 0.4) is 0 Å². The van der Waals surface area contributed by atoms with E-state index in [1.165, 1.54) is 12.0 Å². The highest BCUT2D eigenvalue weighted by Gasteiger charge is 2.19. The largest absolute Gasteiger partial charge is 0.362 e. The summed E-state index contributed by atoms with van der Waals surface area (Å²) < 4.78 is 0. The molecule has 1 aromatic carbocycles. The Morgan fingerprint density at radius 3 is 2.76 bits per heavy atom. The molecule has 1 N–H and O–H groups in total. The number of rotatable bonds is 6. The molecule has 1 heterocycles. The van der Waals surface area contributed by atoms with Crippen LogP contribution in [0.2, 0.25) is 0 Å². The maximum Gasteiger partial charge on any atom is 0.157 e. The van der Waals surface area contributed by atoms with Gasteiger partial charge in [-0.1, -0.05) is 49.0 Å². The molecule has 4 heteroatoms. The molecule has 0 aliphatic carbocycles. The maximum atomic E-state index is 4.70. The summed E-state index contributed by atoms with van der Waals surface area (Å²) in [4.78, 5) is 7.07. The summed E-state index contributed by atoms with van der Waals surface area (Å²) in [7, 11) is 2.18. The maximum absolute atomic E-state index is 4.70. The minimum Gasteiger partial charge on any atom is -0.362 e. The first-order chi connectivity index (χ1) is 10.1. The van der Waals surface area contributed by atoms with Gasteiger partial charge >= 0.3 is 0 Å². The molecule has 0 spiro atoms. The van der Waals surface area contributed by atoms with Crippen LogP contribution in [0, 0.1) is 0 Å². The molecule has 2 atom stereocenters. The lowest BCUT2D eigenvalue weighted by Gasteiger charge is -2.27. The SMILES string of the molecule is CC1CC(C)SC(=NCCCN(C)Cc2ccccc2)N1. The third-order valence-electron chi connectivity index (χ3n) is 3.62. The average molecular weight is 305 g/mol. The van der Waals surface area contributed by atoms with Crippen LogP contribution in [0.25, 0.3) is 0 Å². The third-order valence-corrected chi connectivity index (χ3v) is 4.68. The topological polar surface area (TPSA) is 27.6 Å². The fraction of sp³-hybridized carbons (Fsp3) is 0.588. The molecule has 0 radical (unpaired) electrons. The van der Waals surface area contributed by atoms with Crippen molar-refractivity contribution < 1.29 is 0 Å². The first kappa shape index (κ1) is 16.4. The molecule has 0 bridgehead atoms. The van der Waals surface area contributed by atoms with Gasteiger partial charge in [-0.15, -0.1) is 0 Å². The predicted octanol–water partition coefficient (Wildman–Crippen LogP) is 3.37. The van der Waals surface area contributed by atoms with Crippen molar-refractivity contribution in [1.82, 2.24) is 10.2 Å². The average Bonchev–Trinajstić information content (AvgIpc) is 2.44. The van der Waals surface area contributed by atoms with Crippen LogP contribution in [-0.4, -0.2) is 41.5 Å². The van der Waals surface area contributed by atoms with Crippen LogP contribution < -0.4 is 5.32 Å². The Hall–Kier alpha value is -1.00. The van der Waals surface area contributed by atoms with E-state index in [0.29, 0.717) is 11.3 Å². The predicted molar refractivity (Wildman–Crippen MR) is 94.0 cm³/mol. The van der Waals surface area contributed by atoms with Crippen molar-refractivity contribution in [3.8, 4) is 0 Å². The van der Waals surface area contributed by atoms with Gasteiger partial charge in [0.15, 0.2) is 5.17 Å². The van der Waals surface area contributed by atoms with Crippen LogP contribution in [-0.2, 0) is 6.54 Å². The monoisotopic (exact) mass is 305 g/mol. The lowest BCUT2D eigenvalue weighted by atomic mass is 10.2. The summed E-state index contributed by atoms with van der Waals surface area (Å²) in [6.45, 7) is 7.53. The molecule has 2 rings (SSSR count). The number of aliphatic imine (C=N–C) groups is 1. The van der Waals surface area contributed by atoms with E-state index in [4.69, 9.17) is 4.99 Å². The molecule has 3 nitrogen and oxygen atoms in total. The zero-order valence-electron chi connectivity index (χ0n) is 13.4. The zero-order valence-corrected chi connectivity index (χ0v) is 14.2. The second-order valence-electron chi connectivity index (χ2n) is 5.97. The van der Waals surface area contributed by atoms with Crippen molar-refractivity contribution >= 4 is 16.9 Å². The Morgan fingerprint density at radius 1 is 1.29 bits per heavy atom. The second kappa shape index (κ2) is 8.44. The lowest BCUT2D eigenvalue weighted by Crippen LogP contribution is -2.38. The van der Waals surface area contributed by atoms with E-state index >= 15 is 0 Å². The van der Waals surface area contributed by atoms with Crippen molar-refractivity contribution in [2.24, 2.45) is 4.99 Å². The molecular weight excluding hydrogens is 278 g/mol. The molecule has 1 fully saturated rings. The Morgan fingerprint density at radius 2 is 2.05 bits per heavy atom. The summed E-state index contributed by atoms with van der Waals surface area (Å²) in [6.07, 6.45) is 2.33. The van der Waals surface area contributed by atoms with Gasteiger partial charge in [-0.2, -0.15) is 0 Å². The standard InChI is InChI=1S/C17H27N3S/c1-14-12-15(2)21-17(19-14)18-10-7-11-20(3)13-16-8-5-4-6-9-16/h4-6,8-9,14-15H,7,10-13H2,1-3H3,(H,18,19). The van der Waals surface area contributed by atoms with Crippen LogP contribution in [0.5, 0.6) is 0 Å². The van der Waals surface area contributed by atoms with Crippen LogP contribution in [0.1, 0.15) is 32.3 Å². The molecule has 0 aromatic heterocycles. The van der Waals surface area contributed by atoms with E-state index in [2.05, 4.69) is 61.4 Å². The first-order valence-electron chi connectivity index (χ1n) is 7.83. The fourth-order valence-electron chi connectivity index (χ4n) is 2.62. The Kier molecular flexibility index (Phi) is 6.58. The number of benzene rings is 1. The minimum absolute atomic E-state index is 0.556. The van der Waals surface area contributed by atoms with Crippen molar-refractivity contribution in [1.29, 1.82) is 0 Å². The summed E-state index contributed by atoms with van der Waals surface area (Å²) in [5, 5.41) is 5.29. The number of hydrogen-bond acceptors (Lipinski definition) is 3. The van der Waals surface area contributed by atoms with Crippen molar-refractivity contribution in [3.05, 3.63) is 35.9 Å². The van der Waals surface area contributed by atoms with Gasteiger partial charge in [-0.25, -0.2) is 0 Å². The highest BCUT2D eigenvalue weighted by Crippen LogP contribution is 2.22. The molecular formula is C17H27N3S. The molecule has 1 aliphatic heterocycles. The second-order valence-corrected chi connectivity index (χ2v) is 7.40. The Labute approximate surface area is 133 Å². The third kappa shape index (κ3) is 6.10. The fourth-order valence-corrected chi connectivity index (χ4v) is 3.82. The zero-order chi connectivity index (χ0) is 15.1. The molecule has 1 saturated heterocycles. The van der Waals surface area contributed by atoms with E-state index in [-0.39, 0.29) is 0 Å². The molecule has 2 unspecified atom stereocenters. The minimum atomic E-state index is 0.556. The van der Waals surface area contributed by atoms with Crippen molar-refractivity contribution in [2.75, 3.05) is 20.1 Å². The summed E-state index contributed by atoms with van der Waals surface area (Å²) >= 11 is 1.88. The Balaban J connectivity index is 1.67. The van der Waals surface area contributed by atoms with Gasteiger partial charge in [0.1, 0.15) is 0 Å². The van der Waals surface area contributed by atoms with Gasteiger partial charge < -0.3 is 10.2 Å². The highest BCUT2D eigenvalue weighted by molar-refractivity contribution is 8.14. The van der Waals surface area contributed by atoms with Crippen molar-refractivity contribution in [3.63, 3.8) is 0 Å². The molecule has 1 aromatic rings. The van der Waals surface area contributed by atoms with Crippen LogP contribution in [0.15, 0.2) is 35.3 Å². The van der Waals surface area contributed by atoms with E-state index in [1.54, 1.807) is 0 Å². The quantitative estimate of drug-likeness (QED) is 0.817. The number of nitrogens with zero attached hydrogens (tertiary/aromatic N) is 2. The number of nitrogens with one attached hydrogen (secondary N) is 1. The first-order valence-corrected chi connectivity index (χ1v) is 8.71. The molecule has 21 heavy (non-hydrogen) atoms. The lowest BCUT2D eigenvalue weighted by molar-refractivity contribution is 0.324.